The fourth-order valence-electron chi connectivity index (χ4n) is 3.33. The van der Waals surface area contributed by atoms with Crippen LogP contribution in [0.3, 0.4) is 0 Å². The fraction of sp³-hybridized carbons (Fsp3) is 0.130. The maximum Gasteiger partial charge on any atom is 0.265 e. The SMILES string of the molecule is CP(C)(=O)c1ccc([C@@H](NC(=O)c2cnc(-n3cc(F)cn3)[nH]c2=O)c2ccc(F)cc2)cc1. The van der Waals surface area contributed by atoms with Crippen molar-refractivity contribution < 1.29 is 18.1 Å². The molecule has 2 aromatic heterocycles. The van der Waals surface area contributed by atoms with Gasteiger partial charge < -0.3 is 9.88 Å². The molecule has 0 spiro atoms. The topological polar surface area (TPSA) is 110 Å². The largest absolute Gasteiger partial charge is 0.341 e. The standard InChI is InChI=1S/C23H20F2N5O3P/c1-34(2,33)18-9-5-15(6-10-18)20(14-3-7-16(24)8-4-14)28-21(31)19-12-26-23(29-22(19)32)30-13-17(25)11-27-30/h3-13,20H,1-2H3,(H,28,31)(H,26,29,32)/t20-/m0/s1. The van der Waals surface area contributed by atoms with Crippen LogP contribution in [-0.2, 0) is 4.57 Å². The molecule has 11 heteroatoms. The van der Waals surface area contributed by atoms with Crippen LogP contribution in [-0.4, -0.2) is 39.0 Å². The summed E-state index contributed by atoms with van der Waals surface area (Å²) in [6, 6.07) is 11.7. The van der Waals surface area contributed by atoms with Gasteiger partial charge in [0.25, 0.3) is 11.5 Å². The lowest BCUT2D eigenvalue weighted by atomic mass is 9.98. The third-order valence-electron chi connectivity index (χ3n) is 5.13. The first kappa shape index (κ1) is 23.3. The molecule has 0 radical (unpaired) electrons. The first-order valence-corrected chi connectivity index (χ1v) is 12.7. The van der Waals surface area contributed by atoms with E-state index in [4.69, 9.17) is 0 Å². The third-order valence-corrected chi connectivity index (χ3v) is 6.67. The Kier molecular flexibility index (Phi) is 6.26. The minimum Gasteiger partial charge on any atom is -0.341 e. The predicted octanol–water partition coefficient (Wildman–Crippen LogP) is 3.00. The number of nitrogens with one attached hydrogen (secondary N) is 2. The lowest BCUT2D eigenvalue weighted by molar-refractivity contribution is 0.0941. The highest BCUT2D eigenvalue weighted by Crippen LogP contribution is 2.35. The van der Waals surface area contributed by atoms with Gasteiger partial charge in [0.15, 0.2) is 5.82 Å². The van der Waals surface area contributed by atoms with Crippen LogP contribution >= 0.6 is 7.14 Å². The average Bonchev–Trinajstić information content (AvgIpc) is 3.24. The van der Waals surface area contributed by atoms with Gasteiger partial charge in [-0.1, -0.05) is 36.4 Å². The zero-order chi connectivity index (χ0) is 24.5. The Bertz CT molecular complexity index is 1440. The van der Waals surface area contributed by atoms with E-state index in [0.717, 1.165) is 23.3 Å². The molecule has 0 aliphatic rings. The van der Waals surface area contributed by atoms with Crippen LogP contribution in [0.5, 0.6) is 0 Å². The van der Waals surface area contributed by atoms with E-state index in [9.17, 15) is 22.9 Å². The number of nitrogens with zero attached hydrogens (tertiary/aromatic N) is 3. The highest BCUT2D eigenvalue weighted by atomic mass is 31.2. The molecule has 0 aliphatic carbocycles. The lowest BCUT2D eigenvalue weighted by Gasteiger charge is -2.20. The Morgan fingerprint density at radius 2 is 1.62 bits per heavy atom. The first-order valence-electron chi connectivity index (χ1n) is 10.1. The zero-order valence-electron chi connectivity index (χ0n) is 18.2. The van der Waals surface area contributed by atoms with E-state index in [-0.39, 0.29) is 11.5 Å². The molecule has 0 unspecified atom stereocenters. The normalized spacial score (nSPS) is 12.4. The van der Waals surface area contributed by atoms with Crippen molar-refractivity contribution in [1.29, 1.82) is 0 Å². The molecule has 2 heterocycles. The van der Waals surface area contributed by atoms with Crippen molar-refractivity contribution >= 4 is 18.4 Å². The number of aromatic amines is 1. The number of benzene rings is 2. The number of carbonyl (C=O) groups is 1. The highest BCUT2D eigenvalue weighted by molar-refractivity contribution is 7.70. The summed E-state index contributed by atoms with van der Waals surface area (Å²) in [7, 11) is -2.48. The highest BCUT2D eigenvalue weighted by Gasteiger charge is 2.21. The number of hydrogen-bond donors (Lipinski definition) is 2. The molecule has 1 atom stereocenters. The number of amides is 1. The molecule has 0 saturated heterocycles. The van der Waals surface area contributed by atoms with Crippen LogP contribution in [0.15, 0.2) is 71.9 Å². The molecule has 4 rings (SSSR count). The Morgan fingerprint density at radius 1 is 1.00 bits per heavy atom. The Balaban J connectivity index is 1.66. The van der Waals surface area contributed by atoms with Gasteiger partial charge in [0, 0.05) is 11.5 Å². The van der Waals surface area contributed by atoms with Gasteiger partial charge in [0.2, 0.25) is 5.95 Å². The Morgan fingerprint density at radius 3 is 2.15 bits per heavy atom. The minimum absolute atomic E-state index is 0.0558. The molecule has 174 valence electrons. The van der Waals surface area contributed by atoms with Crippen molar-refractivity contribution in [1.82, 2.24) is 25.1 Å². The van der Waals surface area contributed by atoms with Gasteiger partial charge in [-0.3, -0.25) is 14.6 Å². The Labute approximate surface area is 193 Å². The summed E-state index contributed by atoms with van der Waals surface area (Å²) in [4.78, 5) is 31.9. The van der Waals surface area contributed by atoms with Crippen molar-refractivity contribution in [3.63, 3.8) is 0 Å². The summed E-state index contributed by atoms with van der Waals surface area (Å²) < 4.78 is 40.1. The summed E-state index contributed by atoms with van der Waals surface area (Å²) in [6.45, 7) is 3.31. The van der Waals surface area contributed by atoms with Gasteiger partial charge >= 0.3 is 0 Å². The van der Waals surface area contributed by atoms with Crippen LogP contribution in [0.25, 0.3) is 5.95 Å². The maximum absolute atomic E-state index is 13.5. The number of halogens is 2. The molecule has 0 bridgehead atoms. The molecular formula is C23H20F2N5O3P. The molecule has 34 heavy (non-hydrogen) atoms. The van der Waals surface area contributed by atoms with Crippen LogP contribution in [0.2, 0.25) is 0 Å². The van der Waals surface area contributed by atoms with E-state index in [2.05, 4.69) is 20.4 Å². The molecule has 8 nitrogen and oxygen atoms in total. The predicted molar refractivity (Wildman–Crippen MR) is 123 cm³/mol. The second kappa shape index (κ2) is 9.15. The summed E-state index contributed by atoms with van der Waals surface area (Å²) in [6.07, 6.45) is 3.05. The molecule has 0 saturated carbocycles. The van der Waals surface area contributed by atoms with Gasteiger partial charge in [0.05, 0.1) is 18.4 Å². The van der Waals surface area contributed by atoms with Crippen molar-refractivity contribution in [2.45, 2.75) is 6.04 Å². The van der Waals surface area contributed by atoms with Gasteiger partial charge in [-0.2, -0.15) is 5.10 Å². The number of H-pyrrole nitrogens is 1. The summed E-state index contributed by atoms with van der Waals surface area (Å²) >= 11 is 0. The number of hydrogen-bond acceptors (Lipinski definition) is 5. The number of carbonyl (C=O) groups excluding carboxylic acids is 1. The van der Waals surface area contributed by atoms with Crippen molar-refractivity contribution in [2.24, 2.45) is 0 Å². The monoisotopic (exact) mass is 483 g/mol. The average molecular weight is 483 g/mol. The van der Waals surface area contributed by atoms with E-state index in [1.54, 1.807) is 37.6 Å². The smallest absolute Gasteiger partial charge is 0.265 e. The molecule has 2 N–H and O–H groups in total. The van der Waals surface area contributed by atoms with Crippen LogP contribution in [0.4, 0.5) is 8.78 Å². The molecule has 2 aromatic carbocycles. The van der Waals surface area contributed by atoms with E-state index in [1.165, 1.54) is 24.3 Å². The second-order valence-electron chi connectivity index (χ2n) is 7.95. The lowest BCUT2D eigenvalue weighted by Crippen LogP contribution is -2.34. The fourth-order valence-corrected chi connectivity index (χ4v) is 4.20. The Hall–Kier alpha value is -3.91. The number of rotatable bonds is 6. The van der Waals surface area contributed by atoms with Crippen molar-refractivity contribution in [3.05, 3.63) is 106 Å². The van der Waals surface area contributed by atoms with Crippen molar-refractivity contribution in [2.75, 3.05) is 13.3 Å². The summed E-state index contributed by atoms with van der Waals surface area (Å²) in [5, 5.41) is 7.17. The quantitative estimate of drug-likeness (QED) is 0.410. The maximum atomic E-state index is 13.5. The minimum atomic E-state index is -2.48. The van der Waals surface area contributed by atoms with Crippen LogP contribution in [0.1, 0.15) is 27.5 Å². The van der Waals surface area contributed by atoms with Crippen molar-refractivity contribution in [3.8, 4) is 5.95 Å². The van der Waals surface area contributed by atoms with E-state index >= 15 is 0 Å². The third kappa shape index (κ3) is 5.02. The van der Waals surface area contributed by atoms with E-state index < -0.39 is 36.3 Å². The first-order chi connectivity index (χ1) is 16.1. The molecular weight excluding hydrogens is 463 g/mol. The molecule has 0 fully saturated rings. The zero-order valence-corrected chi connectivity index (χ0v) is 19.1. The summed E-state index contributed by atoms with van der Waals surface area (Å²) in [5.41, 5.74) is 0.202. The van der Waals surface area contributed by atoms with Gasteiger partial charge in [-0.15, -0.1) is 0 Å². The van der Waals surface area contributed by atoms with E-state index in [0.29, 0.717) is 16.4 Å². The van der Waals surface area contributed by atoms with Gasteiger partial charge in [-0.25, -0.2) is 18.4 Å². The summed E-state index contributed by atoms with van der Waals surface area (Å²) in [5.74, 6) is -1.82. The van der Waals surface area contributed by atoms with Crippen LogP contribution < -0.4 is 16.2 Å². The van der Waals surface area contributed by atoms with Gasteiger partial charge in [0.1, 0.15) is 18.5 Å². The number of aromatic nitrogens is 4. The van der Waals surface area contributed by atoms with Crippen LogP contribution in [0, 0.1) is 11.6 Å². The molecule has 0 aliphatic heterocycles. The molecule has 1 amide bonds. The second-order valence-corrected chi connectivity index (χ2v) is 11.2. The molecule has 4 aromatic rings. The van der Waals surface area contributed by atoms with E-state index in [1.807, 2.05) is 0 Å². The van der Waals surface area contributed by atoms with Gasteiger partial charge in [-0.05, 0) is 36.6 Å².